The van der Waals surface area contributed by atoms with Crippen molar-refractivity contribution in [2.24, 2.45) is 0 Å². The van der Waals surface area contributed by atoms with Crippen LogP contribution in [-0.4, -0.2) is 11.0 Å². The molecule has 2 aromatic rings. The van der Waals surface area contributed by atoms with Crippen molar-refractivity contribution in [2.45, 2.75) is 6.61 Å². The third-order valence-corrected chi connectivity index (χ3v) is 3.23. The standard InChI is InChI=1S/C13H10Cl2N2O2/c14-10-6-17-5-4-8(10)7-19-13(18)9-2-1-3-11(16)12(9)15/h1-6H,7,16H2. The highest BCUT2D eigenvalue weighted by Gasteiger charge is 2.14. The second-order valence-corrected chi connectivity index (χ2v) is 4.54. The maximum absolute atomic E-state index is 11.9. The summed E-state index contributed by atoms with van der Waals surface area (Å²) in [5.74, 6) is -0.551. The van der Waals surface area contributed by atoms with Gasteiger partial charge in [-0.15, -0.1) is 0 Å². The minimum Gasteiger partial charge on any atom is -0.457 e. The maximum Gasteiger partial charge on any atom is 0.340 e. The first-order valence-electron chi connectivity index (χ1n) is 5.39. The second kappa shape index (κ2) is 5.91. The van der Waals surface area contributed by atoms with Crippen molar-refractivity contribution in [3.8, 4) is 0 Å². The first-order valence-corrected chi connectivity index (χ1v) is 6.14. The molecular formula is C13H10Cl2N2O2. The highest BCUT2D eigenvalue weighted by molar-refractivity contribution is 6.36. The number of rotatable bonds is 3. The summed E-state index contributed by atoms with van der Waals surface area (Å²) < 4.78 is 5.14. The van der Waals surface area contributed by atoms with Crippen molar-refractivity contribution in [3.63, 3.8) is 0 Å². The average Bonchev–Trinajstić information content (AvgIpc) is 2.40. The summed E-state index contributed by atoms with van der Waals surface area (Å²) in [7, 11) is 0. The van der Waals surface area contributed by atoms with Crippen LogP contribution in [0.4, 0.5) is 5.69 Å². The zero-order valence-electron chi connectivity index (χ0n) is 9.77. The predicted molar refractivity (Wildman–Crippen MR) is 74.2 cm³/mol. The molecule has 0 fully saturated rings. The summed E-state index contributed by atoms with van der Waals surface area (Å²) in [4.78, 5) is 15.7. The maximum atomic E-state index is 11.9. The Hall–Kier alpha value is -1.78. The molecule has 0 saturated carbocycles. The van der Waals surface area contributed by atoms with Crippen LogP contribution >= 0.6 is 23.2 Å². The molecule has 0 atom stereocenters. The van der Waals surface area contributed by atoms with E-state index in [1.807, 2.05) is 0 Å². The van der Waals surface area contributed by atoms with E-state index in [0.717, 1.165) is 0 Å². The number of aromatic nitrogens is 1. The molecule has 0 bridgehead atoms. The van der Waals surface area contributed by atoms with Crippen LogP contribution in [0.3, 0.4) is 0 Å². The number of nitrogens with two attached hydrogens (primary N) is 1. The van der Waals surface area contributed by atoms with E-state index >= 15 is 0 Å². The van der Waals surface area contributed by atoms with E-state index in [9.17, 15) is 4.79 Å². The molecule has 2 N–H and O–H groups in total. The van der Waals surface area contributed by atoms with Crippen molar-refractivity contribution in [1.82, 2.24) is 4.98 Å². The molecule has 1 aromatic heterocycles. The van der Waals surface area contributed by atoms with Gasteiger partial charge in [0.05, 0.1) is 21.3 Å². The molecule has 0 amide bonds. The fraction of sp³-hybridized carbons (Fsp3) is 0.0769. The number of nitrogen functional groups attached to an aromatic ring is 1. The first-order chi connectivity index (χ1) is 9.09. The third kappa shape index (κ3) is 3.16. The summed E-state index contributed by atoms with van der Waals surface area (Å²) in [6.07, 6.45) is 3.06. The lowest BCUT2D eigenvalue weighted by molar-refractivity contribution is 0.0473. The minimum atomic E-state index is -0.551. The number of carbonyl (C=O) groups excluding carboxylic acids is 1. The molecule has 0 saturated heterocycles. The Balaban J connectivity index is 2.10. The molecule has 4 nitrogen and oxygen atoms in total. The zero-order chi connectivity index (χ0) is 13.8. The minimum absolute atomic E-state index is 0.0469. The Bertz CT molecular complexity index is 617. The monoisotopic (exact) mass is 296 g/mol. The van der Waals surface area contributed by atoms with Crippen molar-refractivity contribution >= 4 is 34.9 Å². The van der Waals surface area contributed by atoms with E-state index in [2.05, 4.69) is 4.98 Å². The number of ether oxygens (including phenoxy) is 1. The van der Waals surface area contributed by atoms with Crippen molar-refractivity contribution in [3.05, 3.63) is 57.8 Å². The topological polar surface area (TPSA) is 65.2 Å². The lowest BCUT2D eigenvalue weighted by Gasteiger charge is -2.08. The molecule has 1 heterocycles. The number of pyridine rings is 1. The first kappa shape index (κ1) is 13.6. The van der Waals surface area contributed by atoms with Gasteiger partial charge >= 0.3 is 5.97 Å². The number of carbonyl (C=O) groups is 1. The molecule has 0 spiro atoms. The van der Waals surface area contributed by atoms with Crippen LogP contribution in [0.2, 0.25) is 10.0 Å². The highest BCUT2D eigenvalue weighted by Crippen LogP contribution is 2.24. The van der Waals surface area contributed by atoms with E-state index in [-0.39, 0.29) is 17.2 Å². The lowest BCUT2D eigenvalue weighted by Crippen LogP contribution is -2.07. The summed E-state index contributed by atoms with van der Waals surface area (Å²) >= 11 is 11.8. The molecule has 0 aliphatic rings. The fourth-order valence-corrected chi connectivity index (χ4v) is 1.83. The van der Waals surface area contributed by atoms with Gasteiger partial charge in [0, 0.05) is 18.0 Å². The molecule has 0 radical (unpaired) electrons. The van der Waals surface area contributed by atoms with Crippen LogP contribution in [0.15, 0.2) is 36.7 Å². The third-order valence-electron chi connectivity index (χ3n) is 2.46. The van der Waals surface area contributed by atoms with E-state index in [0.29, 0.717) is 16.3 Å². The van der Waals surface area contributed by atoms with E-state index < -0.39 is 5.97 Å². The van der Waals surface area contributed by atoms with Gasteiger partial charge in [-0.25, -0.2) is 4.79 Å². The molecule has 98 valence electrons. The smallest absolute Gasteiger partial charge is 0.340 e. The van der Waals surface area contributed by atoms with E-state index in [4.69, 9.17) is 33.7 Å². The predicted octanol–water partition coefficient (Wildman–Crippen LogP) is 3.33. The van der Waals surface area contributed by atoms with Crippen LogP contribution in [0.1, 0.15) is 15.9 Å². The van der Waals surface area contributed by atoms with Gasteiger partial charge in [0.1, 0.15) is 6.61 Å². The molecule has 0 unspecified atom stereocenters. The van der Waals surface area contributed by atoms with Crippen LogP contribution in [-0.2, 0) is 11.3 Å². The molecule has 1 aromatic carbocycles. The van der Waals surface area contributed by atoms with E-state index in [1.165, 1.54) is 6.20 Å². The molecule has 19 heavy (non-hydrogen) atoms. The number of halogens is 2. The van der Waals surface area contributed by atoms with Crippen LogP contribution in [0, 0.1) is 0 Å². The Labute approximate surface area is 120 Å². The Morgan fingerprint density at radius 1 is 1.32 bits per heavy atom. The SMILES string of the molecule is Nc1cccc(C(=O)OCc2ccncc2Cl)c1Cl. The van der Waals surface area contributed by atoms with Gasteiger partial charge in [-0.05, 0) is 18.2 Å². The normalized spacial score (nSPS) is 10.2. The largest absolute Gasteiger partial charge is 0.457 e. The summed E-state index contributed by atoms with van der Waals surface area (Å²) in [6, 6.07) is 6.47. The second-order valence-electron chi connectivity index (χ2n) is 3.75. The average molecular weight is 297 g/mol. The number of hydrogen-bond donors (Lipinski definition) is 1. The Kier molecular flexibility index (Phi) is 4.24. The molecule has 2 rings (SSSR count). The number of hydrogen-bond acceptors (Lipinski definition) is 4. The number of benzene rings is 1. The molecular weight excluding hydrogens is 287 g/mol. The Morgan fingerprint density at radius 3 is 2.84 bits per heavy atom. The van der Waals surface area contributed by atoms with Crippen molar-refractivity contribution in [2.75, 3.05) is 5.73 Å². The molecule has 0 aliphatic heterocycles. The fourth-order valence-electron chi connectivity index (χ4n) is 1.45. The van der Waals surface area contributed by atoms with Gasteiger partial charge in [-0.1, -0.05) is 29.3 Å². The van der Waals surface area contributed by atoms with Crippen molar-refractivity contribution < 1.29 is 9.53 Å². The highest BCUT2D eigenvalue weighted by atomic mass is 35.5. The lowest BCUT2D eigenvalue weighted by atomic mass is 10.2. The van der Waals surface area contributed by atoms with Crippen molar-refractivity contribution in [1.29, 1.82) is 0 Å². The van der Waals surface area contributed by atoms with Gasteiger partial charge in [0.25, 0.3) is 0 Å². The molecule has 0 aliphatic carbocycles. The van der Waals surface area contributed by atoms with Gasteiger partial charge in [0.15, 0.2) is 0 Å². The number of esters is 1. The van der Waals surface area contributed by atoms with Gasteiger partial charge in [-0.2, -0.15) is 0 Å². The van der Waals surface area contributed by atoms with Gasteiger partial charge in [0.2, 0.25) is 0 Å². The summed E-state index contributed by atoms with van der Waals surface area (Å²) in [6.45, 7) is 0.0469. The summed E-state index contributed by atoms with van der Waals surface area (Å²) in [5.41, 5.74) is 6.85. The van der Waals surface area contributed by atoms with Gasteiger partial charge < -0.3 is 10.5 Å². The number of nitrogens with zero attached hydrogens (tertiary/aromatic N) is 1. The Morgan fingerprint density at radius 2 is 2.11 bits per heavy atom. The van der Waals surface area contributed by atoms with E-state index in [1.54, 1.807) is 30.5 Å². The number of anilines is 1. The van der Waals surface area contributed by atoms with Crippen LogP contribution in [0.25, 0.3) is 0 Å². The quantitative estimate of drug-likeness (QED) is 0.697. The van der Waals surface area contributed by atoms with Crippen LogP contribution in [0.5, 0.6) is 0 Å². The van der Waals surface area contributed by atoms with Gasteiger partial charge in [-0.3, -0.25) is 4.98 Å². The van der Waals surface area contributed by atoms with Crippen LogP contribution < -0.4 is 5.73 Å². The molecule has 6 heteroatoms. The zero-order valence-corrected chi connectivity index (χ0v) is 11.3. The summed E-state index contributed by atoms with van der Waals surface area (Å²) in [5, 5.41) is 0.627.